The average Bonchev–Trinajstić information content (AvgIpc) is 3.59. The highest BCUT2D eigenvalue weighted by Crippen LogP contribution is 2.65. The second-order valence-electron chi connectivity index (χ2n) is 9.86. The summed E-state index contributed by atoms with van der Waals surface area (Å²) < 4.78 is 0. The lowest BCUT2D eigenvalue weighted by atomic mass is 9.63. The number of likely N-dealkylation sites (tertiary alicyclic amines) is 1. The molecule has 0 spiro atoms. The van der Waals surface area contributed by atoms with Gasteiger partial charge < -0.3 is 5.32 Å². The Hall–Kier alpha value is -2.92. The van der Waals surface area contributed by atoms with Gasteiger partial charge in [-0.05, 0) is 60.3 Å². The van der Waals surface area contributed by atoms with Crippen molar-refractivity contribution in [3.8, 4) is 0 Å². The van der Waals surface area contributed by atoms with Gasteiger partial charge in [-0.2, -0.15) is 0 Å². The molecule has 3 amide bonds. The van der Waals surface area contributed by atoms with Crippen LogP contribution in [0.3, 0.4) is 0 Å². The van der Waals surface area contributed by atoms with Gasteiger partial charge >= 0.3 is 0 Å². The van der Waals surface area contributed by atoms with Crippen LogP contribution >= 0.6 is 11.6 Å². The third kappa shape index (κ3) is 3.24. The number of hydrogen-bond donors (Lipinski definition) is 1. The Morgan fingerprint density at radius 1 is 1.03 bits per heavy atom. The molecule has 1 saturated heterocycles. The SMILES string of the molecule is Cc1ccc(NC(=O)[C@H](Cc2ccccc2)N2C(=O)[C@@H]3[C@H]4C=C[C@@H]([C@@H]5C[C@@H]45)[C@H]3C2=O)cc1Cl. The van der Waals surface area contributed by atoms with Crippen LogP contribution in [0.1, 0.15) is 17.5 Å². The number of halogens is 1. The molecule has 4 aliphatic carbocycles. The van der Waals surface area contributed by atoms with Crippen molar-refractivity contribution in [3.63, 3.8) is 0 Å². The molecule has 0 unspecified atom stereocenters. The molecule has 2 bridgehead atoms. The Morgan fingerprint density at radius 2 is 1.67 bits per heavy atom. The number of nitrogens with one attached hydrogen (secondary N) is 1. The molecule has 5 aliphatic rings. The van der Waals surface area contributed by atoms with E-state index in [1.165, 1.54) is 4.90 Å². The minimum absolute atomic E-state index is 0.128. The van der Waals surface area contributed by atoms with Crippen LogP contribution in [-0.2, 0) is 20.8 Å². The van der Waals surface area contributed by atoms with E-state index in [9.17, 15) is 14.4 Å². The molecule has 0 aromatic heterocycles. The number of allylic oxidation sites excluding steroid dienone is 2. The summed E-state index contributed by atoms with van der Waals surface area (Å²) in [4.78, 5) is 42.1. The van der Waals surface area contributed by atoms with Crippen LogP contribution in [0, 0.1) is 42.4 Å². The van der Waals surface area contributed by atoms with Crippen molar-refractivity contribution in [2.45, 2.75) is 25.8 Å². The summed E-state index contributed by atoms with van der Waals surface area (Å²) >= 11 is 6.24. The number of hydrogen-bond acceptors (Lipinski definition) is 3. The predicted octanol–water partition coefficient (Wildman–Crippen LogP) is 4.25. The standard InChI is InChI=1S/C27H25ClN2O3/c1-14-7-8-16(12-21(14)28)29-25(31)22(11-15-5-3-2-4-6-15)30-26(32)23-17-9-10-18(20-13-19(17)20)24(23)27(30)33/h2-10,12,17-20,22-24H,11,13H2,1H3,(H,29,31)/t17-,18-,19-,20-,22-,23+,24+/m0/s1. The van der Waals surface area contributed by atoms with Crippen molar-refractivity contribution in [2.75, 3.05) is 5.32 Å². The predicted molar refractivity (Wildman–Crippen MR) is 125 cm³/mol. The van der Waals surface area contributed by atoms with E-state index >= 15 is 0 Å². The second kappa shape index (κ2) is 7.56. The van der Waals surface area contributed by atoms with Crippen LogP contribution in [0.25, 0.3) is 0 Å². The van der Waals surface area contributed by atoms with E-state index in [2.05, 4.69) is 17.5 Å². The molecule has 2 aromatic rings. The first-order chi connectivity index (χ1) is 15.9. The van der Waals surface area contributed by atoms with E-state index in [-0.39, 0.29) is 47.8 Å². The zero-order valence-electron chi connectivity index (χ0n) is 18.3. The lowest BCUT2D eigenvalue weighted by molar-refractivity contribution is -0.146. The third-order valence-corrected chi connectivity index (χ3v) is 8.43. The van der Waals surface area contributed by atoms with Gasteiger partial charge in [0.2, 0.25) is 17.7 Å². The van der Waals surface area contributed by atoms with Gasteiger partial charge in [0.1, 0.15) is 6.04 Å². The molecule has 33 heavy (non-hydrogen) atoms. The summed E-state index contributed by atoms with van der Waals surface area (Å²) in [7, 11) is 0. The maximum absolute atomic E-state index is 13.7. The van der Waals surface area contributed by atoms with Crippen LogP contribution in [-0.4, -0.2) is 28.7 Å². The van der Waals surface area contributed by atoms with Gasteiger partial charge in [0, 0.05) is 17.1 Å². The van der Waals surface area contributed by atoms with Gasteiger partial charge in [-0.25, -0.2) is 0 Å². The summed E-state index contributed by atoms with van der Waals surface area (Å²) in [5, 5.41) is 3.45. The molecular weight excluding hydrogens is 436 g/mol. The molecule has 0 radical (unpaired) electrons. The fourth-order valence-corrected chi connectivity index (χ4v) is 6.50. The largest absolute Gasteiger partial charge is 0.324 e. The number of aryl methyl sites for hydroxylation is 1. The summed E-state index contributed by atoms with van der Waals surface area (Å²) in [6, 6.07) is 13.9. The first kappa shape index (κ1) is 20.7. The molecule has 7 rings (SSSR count). The van der Waals surface area contributed by atoms with Gasteiger partial charge in [-0.3, -0.25) is 19.3 Å². The van der Waals surface area contributed by atoms with Crippen LogP contribution in [0.4, 0.5) is 5.69 Å². The number of carbonyl (C=O) groups excluding carboxylic acids is 3. The number of carbonyl (C=O) groups is 3. The van der Waals surface area contributed by atoms with Gasteiger partial charge in [0.05, 0.1) is 11.8 Å². The number of rotatable bonds is 5. The van der Waals surface area contributed by atoms with Crippen LogP contribution in [0.5, 0.6) is 0 Å². The van der Waals surface area contributed by atoms with Gasteiger partial charge in [-0.15, -0.1) is 0 Å². The van der Waals surface area contributed by atoms with E-state index < -0.39 is 6.04 Å². The quantitative estimate of drug-likeness (QED) is 0.535. The highest BCUT2D eigenvalue weighted by Gasteiger charge is 2.67. The fourth-order valence-electron chi connectivity index (χ4n) is 6.32. The summed E-state index contributed by atoms with van der Waals surface area (Å²) in [5.41, 5.74) is 2.36. The van der Waals surface area contributed by atoms with Crippen molar-refractivity contribution < 1.29 is 14.4 Å². The van der Waals surface area contributed by atoms with E-state index in [1.807, 2.05) is 43.3 Å². The maximum Gasteiger partial charge on any atom is 0.248 e. The number of anilines is 1. The van der Waals surface area contributed by atoms with Crippen molar-refractivity contribution in [1.82, 2.24) is 4.90 Å². The van der Waals surface area contributed by atoms with Crippen molar-refractivity contribution in [3.05, 3.63) is 76.8 Å². The highest BCUT2D eigenvalue weighted by atomic mass is 35.5. The summed E-state index contributed by atoms with van der Waals surface area (Å²) in [6.45, 7) is 1.89. The highest BCUT2D eigenvalue weighted by molar-refractivity contribution is 6.31. The van der Waals surface area contributed by atoms with Crippen LogP contribution < -0.4 is 5.32 Å². The summed E-state index contributed by atoms with van der Waals surface area (Å²) in [6.07, 6.45) is 5.68. The van der Waals surface area contributed by atoms with E-state index in [1.54, 1.807) is 12.1 Å². The minimum atomic E-state index is -0.909. The Balaban J connectivity index is 1.33. The molecule has 2 aromatic carbocycles. The maximum atomic E-state index is 13.7. The normalized spacial score (nSPS) is 31.9. The van der Waals surface area contributed by atoms with Crippen LogP contribution in [0.2, 0.25) is 5.02 Å². The molecule has 1 heterocycles. The average molecular weight is 461 g/mol. The monoisotopic (exact) mass is 460 g/mol. The van der Waals surface area contributed by atoms with Gasteiger partial charge in [0.15, 0.2) is 0 Å². The molecule has 1 aliphatic heterocycles. The Labute approximate surface area is 197 Å². The first-order valence-electron chi connectivity index (χ1n) is 11.6. The molecule has 168 valence electrons. The minimum Gasteiger partial charge on any atom is -0.324 e. The topological polar surface area (TPSA) is 66.5 Å². The van der Waals surface area contributed by atoms with E-state index in [0.717, 1.165) is 17.5 Å². The van der Waals surface area contributed by atoms with Crippen LogP contribution in [0.15, 0.2) is 60.7 Å². The number of amides is 3. The van der Waals surface area contributed by atoms with Gasteiger partial charge in [0.25, 0.3) is 0 Å². The fraction of sp³-hybridized carbons (Fsp3) is 0.370. The second-order valence-corrected chi connectivity index (χ2v) is 10.3. The summed E-state index contributed by atoms with van der Waals surface area (Å²) in [5.74, 6) is -0.0917. The Morgan fingerprint density at radius 3 is 2.27 bits per heavy atom. The van der Waals surface area contributed by atoms with Crippen molar-refractivity contribution in [2.24, 2.45) is 35.5 Å². The Bertz CT molecular complexity index is 1160. The number of imide groups is 1. The molecule has 2 saturated carbocycles. The van der Waals surface area contributed by atoms with Crippen molar-refractivity contribution >= 4 is 35.0 Å². The number of benzene rings is 2. The molecule has 1 N–H and O–H groups in total. The Kier molecular flexibility index (Phi) is 4.73. The molecular formula is C27H25ClN2O3. The first-order valence-corrected chi connectivity index (χ1v) is 12.0. The molecule has 5 nitrogen and oxygen atoms in total. The smallest absolute Gasteiger partial charge is 0.248 e. The zero-order valence-corrected chi connectivity index (χ0v) is 19.0. The van der Waals surface area contributed by atoms with E-state index in [0.29, 0.717) is 22.5 Å². The lowest BCUT2D eigenvalue weighted by Crippen LogP contribution is -2.49. The van der Waals surface area contributed by atoms with Crippen molar-refractivity contribution in [1.29, 1.82) is 0 Å². The van der Waals surface area contributed by atoms with E-state index in [4.69, 9.17) is 11.6 Å². The molecule has 7 atom stereocenters. The zero-order chi connectivity index (χ0) is 22.9. The lowest BCUT2D eigenvalue weighted by Gasteiger charge is -2.37. The van der Waals surface area contributed by atoms with Gasteiger partial charge in [-0.1, -0.05) is 60.2 Å². The molecule has 3 fully saturated rings. The number of nitrogens with zero attached hydrogens (tertiary/aromatic N) is 1. The third-order valence-electron chi connectivity index (χ3n) is 8.02. The molecule has 6 heteroatoms.